The molecule has 1 aromatic carbocycles. The van der Waals surface area contributed by atoms with E-state index in [4.69, 9.17) is 12.2 Å². The van der Waals surface area contributed by atoms with Crippen molar-refractivity contribution in [1.29, 1.82) is 0 Å². The van der Waals surface area contributed by atoms with Crippen molar-refractivity contribution in [3.63, 3.8) is 0 Å². The molecule has 4 heteroatoms. The van der Waals surface area contributed by atoms with Crippen molar-refractivity contribution < 1.29 is 9.59 Å². The quantitative estimate of drug-likeness (QED) is 0.550. The fourth-order valence-electron chi connectivity index (χ4n) is 1.68. The van der Waals surface area contributed by atoms with E-state index in [-0.39, 0.29) is 24.5 Å². The number of hydrogen-bond acceptors (Lipinski definition) is 3. The largest absolute Gasteiger partial charge is 0.299 e. The lowest BCUT2D eigenvalue weighted by atomic mass is 10.1. The second kappa shape index (κ2) is 4.14. The average molecular weight is 233 g/mol. The van der Waals surface area contributed by atoms with Crippen LogP contribution in [0.3, 0.4) is 0 Å². The number of hydrogen-bond donors (Lipinski definition) is 0. The maximum atomic E-state index is 11.7. The zero-order chi connectivity index (χ0) is 11.7. The topological polar surface area (TPSA) is 37.4 Å². The summed E-state index contributed by atoms with van der Waals surface area (Å²) in [5.74, 6) is -0.330. The van der Waals surface area contributed by atoms with Gasteiger partial charge in [0, 0.05) is 5.69 Å². The molecule has 0 bridgehead atoms. The first kappa shape index (κ1) is 11.0. The Labute approximate surface area is 99.1 Å². The minimum atomic E-state index is -0.231. The molecule has 0 unspecified atom stereocenters. The standard InChI is InChI=1S/C12H11NO2S/c1-8-2-4-9(5-3-8)13-11(15)6-10(14)7-12(13)16/h2-5H,6-7H2,1H3. The van der Waals surface area contributed by atoms with Crippen LogP contribution in [-0.4, -0.2) is 16.7 Å². The van der Waals surface area contributed by atoms with Gasteiger partial charge in [-0.1, -0.05) is 29.9 Å². The van der Waals surface area contributed by atoms with E-state index in [2.05, 4.69) is 0 Å². The number of amides is 1. The van der Waals surface area contributed by atoms with Crippen LogP contribution in [0.15, 0.2) is 24.3 Å². The van der Waals surface area contributed by atoms with E-state index in [1.165, 1.54) is 4.90 Å². The molecule has 0 saturated carbocycles. The van der Waals surface area contributed by atoms with Gasteiger partial charge in [0.1, 0.15) is 5.78 Å². The molecular formula is C12H11NO2S. The molecule has 0 aliphatic carbocycles. The smallest absolute Gasteiger partial charge is 0.239 e. The Kier molecular flexibility index (Phi) is 2.83. The van der Waals surface area contributed by atoms with E-state index in [1.807, 2.05) is 31.2 Å². The van der Waals surface area contributed by atoms with E-state index >= 15 is 0 Å². The third-order valence-electron chi connectivity index (χ3n) is 2.49. The van der Waals surface area contributed by atoms with E-state index in [0.717, 1.165) is 11.3 Å². The van der Waals surface area contributed by atoms with Crippen LogP contribution in [0.25, 0.3) is 0 Å². The summed E-state index contributed by atoms with van der Waals surface area (Å²) < 4.78 is 0. The number of benzene rings is 1. The predicted molar refractivity (Wildman–Crippen MR) is 65.5 cm³/mol. The Morgan fingerprint density at radius 1 is 1.12 bits per heavy atom. The number of aryl methyl sites for hydroxylation is 1. The van der Waals surface area contributed by atoms with E-state index in [0.29, 0.717) is 4.99 Å². The Hall–Kier alpha value is -1.55. The normalized spacial score (nSPS) is 16.8. The number of rotatable bonds is 1. The Morgan fingerprint density at radius 2 is 1.75 bits per heavy atom. The fraction of sp³-hybridized carbons (Fsp3) is 0.250. The van der Waals surface area contributed by atoms with Crippen LogP contribution in [0.5, 0.6) is 0 Å². The molecule has 0 aromatic heterocycles. The first-order valence-electron chi connectivity index (χ1n) is 5.02. The van der Waals surface area contributed by atoms with Crippen molar-refractivity contribution in [3.8, 4) is 0 Å². The number of thiocarbonyl (C=S) groups is 1. The summed E-state index contributed by atoms with van der Waals surface area (Å²) in [5.41, 5.74) is 1.86. The molecule has 0 radical (unpaired) electrons. The summed E-state index contributed by atoms with van der Waals surface area (Å²) >= 11 is 5.08. The minimum absolute atomic E-state index is 0.0476. The molecule has 2 rings (SSSR count). The van der Waals surface area contributed by atoms with Gasteiger partial charge in [-0.2, -0.15) is 0 Å². The second-order valence-corrected chi connectivity index (χ2v) is 4.32. The third-order valence-corrected chi connectivity index (χ3v) is 2.81. The molecule has 1 aliphatic rings. The molecule has 1 fully saturated rings. The Balaban J connectivity index is 2.32. The number of piperidine rings is 1. The number of nitrogens with zero attached hydrogens (tertiary/aromatic N) is 1. The lowest BCUT2D eigenvalue weighted by molar-refractivity contribution is -0.126. The van der Waals surface area contributed by atoms with Crippen LogP contribution in [0.4, 0.5) is 5.69 Å². The third kappa shape index (κ3) is 2.02. The second-order valence-electron chi connectivity index (χ2n) is 3.85. The SMILES string of the molecule is Cc1ccc(N2C(=O)CC(=O)CC2=S)cc1. The summed E-state index contributed by atoms with van der Waals surface area (Å²) in [6, 6.07) is 7.52. The van der Waals surface area contributed by atoms with Crippen molar-refractivity contribution >= 4 is 34.6 Å². The van der Waals surface area contributed by atoms with E-state index in [9.17, 15) is 9.59 Å². The first-order valence-corrected chi connectivity index (χ1v) is 5.43. The Morgan fingerprint density at radius 3 is 2.31 bits per heavy atom. The van der Waals surface area contributed by atoms with Gasteiger partial charge < -0.3 is 0 Å². The van der Waals surface area contributed by atoms with E-state index < -0.39 is 0 Å². The van der Waals surface area contributed by atoms with Crippen LogP contribution < -0.4 is 4.90 Å². The van der Waals surface area contributed by atoms with Crippen LogP contribution in [0.1, 0.15) is 18.4 Å². The molecule has 1 heterocycles. The number of Topliss-reactive ketones (excluding diaryl/α,β-unsaturated/α-hetero) is 1. The zero-order valence-electron chi connectivity index (χ0n) is 8.90. The van der Waals surface area contributed by atoms with Crippen LogP contribution in [0.2, 0.25) is 0 Å². The van der Waals surface area contributed by atoms with Crippen molar-refractivity contribution in [2.24, 2.45) is 0 Å². The van der Waals surface area contributed by atoms with Crippen molar-refractivity contribution in [1.82, 2.24) is 0 Å². The summed E-state index contributed by atoms with van der Waals surface area (Å²) in [6.45, 7) is 1.98. The molecule has 82 valence electrons. The first-order chi connectivity index (χ1) is 7.58. The molecular weight excluding hydrogens is 222 g/mol. The van der Waals surface area contributed by atoms with Crippen molar-refractivity contribution in [2.75, 3.05) is 4.90 Å². The molecule has 1 amide bonds. The summed E-state index contributed by atoms with van der Waals surface area (Å²) in [7, 11) is 0. The number of ketones is 1. The molecule has 1 aliphatic heterocycles. The van der Waals surface area contributed by atoms with Gasteiger partial charge in [-0.15, -0.1) is 0 Å². The van der Waals surface area contributed by atoms with Crippen LogP contribution in [-0.2, 0) is 9.59 Å². The van der Waals surface area contributed by atoms with Crippen molar-refractivity contribution in [2.45, 2.75) is 19.8 Å². The monoisotopic (exact) mass is 233 g/mol. The van der Waals surface area contributed by atoms with Gasteiger partial charge in [0.15, 0.2) is 0 Å². The molecule has 0 atom stereocenters. The maximum absolute atomic E-state index is 11.7. The van der Waals surface area contributed by atoms with Gasteiger partial charge in [0.05, 0.1) is 17.8 Å². The zero-order valence-corrected chi connectivity index (χ0v) is 9.71. The fourth-order valence-corrected chi connectivity index (χ4v) is 2.05. The van der Waals surface area contributed by atoms with Gasteiger partial charge >= 0.3 is 0 Å². The molecule has 1 aromatic rings. The van der Waals surface area contributed by atoms with Gasteiger partial charge in [-0.3, -0.25) is 14.5 Å². The molecule has 3 nitrogen and oxygen atoms in total. The lowest BCUT2D eigenvalue weighted by Gasteiger charge is -2.26. The van der Waals surface area contributed by atoms with E-state index in [1.54, 1.807) is 0 Å². The maximum Gasteiger partial charge on any atom is 0.239 e. The highest BCUT2D eigenvalue weighted by Gasteiger charge is 2.29. The van der Waals surface area contributed by atoms with Gasteiger partial charge in [-0.25, -0.2) is 0 Å². The Bertz CT molecular complexity index is 444. The van der Waals surface area contributed by atoms with Crippen LogP contribution in [0, 0.1) is 6.92 Å². The van der Waals surface area contributed by atoms with Crippen molar-refractivity contribution in [3.05, 3.63) is 29.8 Å². The minimum Gasteiger partial charge on any atom is -0.299 e. The summed E-state index contributed by atoms with van der Waals surface area (Å²) in [4.78, 5) is 24.7. The predicted octanol–water partition coefficient (Wildman–Crippen LogP) is 2.02. The van der Waals surface area contributed by atoms with Crippen LogP contribution >= 0.6 is 12.2 Å². The van der Waals surface area contributed by atoms with Gasteiger partial charge in [0.25, 0.3) is 0 Å². The highest BCUT2D eigenvalue weighted by atomic mass is 32.1. The number of carbonyl (C=O) groups excluding carboxylic acids is 2. The van der Waals surface area contributed by atoms with Gasteiger partial charge in [0.2, 0.25) is 5.91 Å². The summed E-state index contributed by atoms with van der Waals surface area (Å²) in [6.07, 6.45) is 0.142. The number of anilines is 1. The highest BCUT2D eigenvalue weighted by molar-refractivity contribution is 7.80. The molecule has 0 N–H and O–H groups in total. The summed E-state index contributed by atoms with van der Waals surface area (Å²) in [5, 5.41) is 0. The molecule has 0 spiro atoms. The molecule has 16 heavy (non-hydrogen) atoms. The lowest BCUT2D eigenvalue weighted by Crippen LogP contribution is -2.42. The molecule has 1 saturated heterocycles. The number of carbonyl (C=O) groups is 2. The average Bonchev–Trinajstić information content (AvgIpc) is 2.19. The highest BCUT2D eigenvalue weighted by Crippen LogP contribution is 2.21. The van der Waals surface area contributed by atoms with Gasteiger partial charge in [-0.05, 0) is 19.1 Å².